The molecule has 0 radical (unpaired) electrons. The third-order valence-electron chi connectivity index (χ3n) is 3.72. The number of aryl methyl sites for hydroxylation is 1. The van der Waals surface area contributed by atoms with Gasteiger partial charge >= 0.3 is 5.69 Å². The van der Waals surface area contributed by atoms with Crippen molar-refractivity contribution in [2.75, 3.05) is 11.9 Å². The number of fused-ring (bicyclic) bond motifs is 1. The lowest BCUT2D eigenvalue weighted by Gasteiger charge is -2.08. The summed E-state index contributed by atoms with van der Waals surface area (Å²) in [6, 6.07) is 0. The molecular weight excluding hydrogens is 318 g/mol. The third-order valence-corrected chi connectivity index (χ3v) is 3.87. The van der Waals surface area contributed by atoms with Crippen LogP contribution in [0.2, 0.25) is 0 Å². The number of imidazole rings is 1. The van der Waals surface area contributed by atoms with E-state index in [4.69, 9.17) is 11.6 Å². The second-order valence-corrected chi connectivity index (χ2v) is 6.09. The van der Waals surface area contributed by atoms with Crippen molar-refractivity contribution in [3.8, 4) is 0 Å². The highest BCUT2D eigenvalue weighted by molar-refractivity contribution is 6.29. The minimum Gasteiger partial charge on any atom is -0.356 e. The maximum atomic E-state index is 12.5. The summed E-state index contributed by atoms with van der Waals surface area (Å²) < 4.78 is 4.24. The quantitative estimate of drug-likeness (QED) is 0.814. The molecule has 7 nitrogen and oxygen atoms in total. The van der Waals surface area contributed by atoms with Crippen LogP contribution in [-0.2, 0) is 20.6 Å². The number of hydrogen-bond donors (Lipinski definition) is 1. The standard InChI is InChI=1S/C15H22ClN5O2/c1-5-6-8-17-14-18-12-11(21(14)9-7-10(2)16)13(22)20(4)15(23)19(12)3/h7H,5-6,8-9H2,1-4H3,(H,17,18)/b10-7-. The van der Waals surface area contributed by atoms with Crippen LogP contribution in [0.1, 0.15) is 26.7 Å². The first-order chi connectivity index (χ1) is 10.9. The van der Waals surface area contributed by atoms with Crippen LogP contribution in [0.3, 0.4) is 0 Å². The maximum absolute atomic E-state index is 12.5. The number of nitrogens with one attached hydrogen (secondary N) is 1. The number of aromatic nitrogens is 4. The van der Waals surface area contributed by atoms with Gasteiger partial charge in [-0.1, -0.05) is 31.0 Å². The van der Waals surface area contributed by atoms with Crippen LogP contribution >= 0.6 is 11.6 Å². The molecule has 0 amide bonds. The van der Waals surface area contributed by atoms with Crippen LogP contribution in [0.25, 0.3) is 11.2 Å². The molecule has 0 fully saturated rings. The average molecular weight is 340 g/mol. The minimum absolute atomic E-state index is 0.361. The van der Waals surface area contributed by atoms with Crippen LogP contribution in [0.15, 0.2) is 20.7 Å². The van der Waals surface area contributed by atoms with Crippen LogP contribution < -0.4 is 16.6 Å². The number of halogens is 1. The van der Waals surface area contributed by atoms with Crippen molar-refractivity contribution in [2.24, 2.45) is 14.1 Å². The number of unbranched alkanes of at least 4 members (excludes halogenated alkanes) is 1. The molecule has 0 aliphatic rings. The first-order valence-electron chi connectivity index (χ1n) is 7.60. The molecule has 8 heteroatoms. The summed E-state index contributed by atoms with van der Waals surface area (Å²) >= 11 is 5.92. The zero-order valence-electron chi connectivity index (χ0n) is 13.9. The van der Waals surface area contributed by atoms with E-state index in [9.17, 15) is 9.59 Å². The summed E-state index contributed by atoms with van der Waals surface area (Å²) in [5, 5.41) is 3.87. The Hall–Kier alpha value is -2.02. The second kappa shape index (κ2) is 7.04. The SMILES string of the molecule is CCCCNc1nc2c(c(=O)n(C)c(=O)n2C)n1C/C=C(/C)Cl. The van der Waals surface area contributed by atoms with Crippen molar-refractivity contribution in [2.45, 2.75) is 33.2 Å². The van der Waals surface area contributed by atoms with E-state index in [0.29, 0.717) is 28.7 Å². The third kappa shape index (κ3) is 3.34. The number of hydrogen-bond acceptors (Lipinski definition) is 4. The summed E-state index contributed by atoms with van der Waals surface area (Å²) in [6.07, 6.45) is 3.84. The number of anilines is 1. The average Bonchev–Trinajstić information content (AvgIpc) is 2.88. The summed E-state index contributed by atoms with van der Waals surface area (Å²) in [5.41, 5.74) is 0.0107. The number of nitrogens with zero attached hydrogens (tertiary/aromatic N) is 4. The zero-order chi connectivity index (χ0) is 17.1. The number of allylic oxidation sites excluding steroid dienone is 2. The number of rotatable bonds is 6. The molecule has 0 unspecified atom stereocenters. The molecule has 126 valence electrons. The van der Waals surface area contributed by atoms with Gasteiger partial charge in [-0.25, -0.2) is 4.79 Å². The van der Waals surface area contributed by atoms with Crippen molar-refractivity contribution < 1.29 is 0 Å². The van der Waals surface area contributed by atoms with Crippen molar-refractivity contribution in [3.05, 3.63) is 31.9 Å². The predicted octanol–water partition coefficient (Wildman–Crippen LogP) is 1.79. The fourth-order valence-corrected chi connectivity index (χ4v) is 2.42. The van der Waals surface area contributed by atoms with Gasteiger partial charge < -0.3 is 9.88 Å². The van der Waals surface area contributed by atoms with Gasteiger partial charge in [0.15, 0.2) is 11.2 Å². The zero-order valence-corrected chi connectivity index (χ0v) is 14.6. The van der Waals surface area contributed by atoms with E-state index < -0.39 is 5.69 Å². The lowest BCUT2D eigenvalue weighted by atomic mass is 10.3. The van der Waals surface area contributed by atoms with Crippen molar-refractivity contribution in [1.29, 1.82) is 0 Å². The summed E-state index contributed by atoms with van der Waals surface area (Å²) in [7, 11) is 3.08. The molecule has 0 aliphatic carbocycles. The largest absolute Gasteiger partial charge is 0.356 e. The second-order valence-electron chi connectivity index (χ2n) is 5.50. The normalized spacial score (nSPS) is 12.1. The molecular formula is C15H22ClN5O2. The molecule has 1 N–H and O–H groups in total. The fraction of sp³-hybridized carbons (Fsp3) is 0.533. The van der Waals surface area contributed by atoms with Crippen LogP contribution in [-0.4, -0.2) is 25.2 Å². The fourth-order valence-electron chi connectivity index (χ4n) is 2.35. The van der Waals surface area contributed by atoms with Gasteiger partial charge in [-0.15, -0.1) is 0 Å². The van der Waals surface area contributed by atoms with E-state index in [2.05, 4.69) is 17.2 Å². The molecule has 0 saturated heterocycles. The topological polar surface area (TPSA) is 73.8 Å². The van der Waals surface area contributed by atoms with Gasteiger partial charge in [0.05, 0.1) is 0 Å². The highest BCUT2D eigenvalue weighted by Gasteiger charge is 2.18. The lowest BCUT2D eigenvalue weighted by Crippen LogP contribution is -2.37. The Kier molecular flexibility index (Phi) is 5.30. The molecule has 0 atom stereocenters. The maximum Gasteiger partial charge on any atom is 0.332 e. The molecule has 2 aromatic rings. The van der Waals surface area contributed by atoms with Crippen LogP contribution in [0.5, 0.6) is 0 Å². The first-order valence-corrected chi connectivity index (χ1v) is 7.98. The lowest BCUT2D eigenvalue weighted by molar-refractivity contribution is 0.703. The van der Waals surface area contributed by atoms with Crippen molar-refractivity contribution >= 4 is 28.7 Å². The van der Waals surface area contributed by atoms with Crippen molar-refractivity contribution in [3.63, 3.8) is 0 Å². The predicted molar refractivity (Wildman–Crippen MR) is 93.2 cm³/mol. The van der Waals surface area contributed by atoms with E-state index in [1.165, 1.54) is 11.6 Å². The molecule has 0 bridgehead atoms. The van der Waals surface area contributed by atoms with E-state index in [0.717, 1.165) is 24.0 Å². The summed E-state index contributed by atoms with van der Waals surface area (Å²) in [5.74, 6) is 0.570. The van der Waals surface area contributed by atoms with Crippen molar-refractivity contribution in [1.82, 2.24) is 18.7 Å². The van der Waals surface area contributed by atoms with E-state index in [1.54, 1.807) is 24.6 Å². The smallest absolute Gasteiger partial charge is 0.332 e. The summed E-state index contributed by atoms with van der Waals surface area (Å²) in [4.78, 5) is 29.0. The molecule has 2 rings (SSSR count). The highest BCUT2D eigenvalue weighted by Crippen LogP contribution is 2.16. The Morgan fingerprint density at radius 1 is 1.30 bits per heavy atom. The Morgan fingerprint density at radius 2 is 2.00 bits per heavy atom. The monoisotopic (exact) mass is 339 g/mol. The molecule has 0 saturated carbocycles. The Labute approximate surface area is 139 Å². The van der Waals surface area contributed by atoms with E-state index >= 15 is 0 Å². The molecule has 0 aromatic carbocycles. The minimum atomic E-state index is -0.392. The molecule has 0 spiro atoms. The van der Waals surface area contributed by atoms with Gasteiger partial charge in [-0.05, 0) is 13.3 Å². The highest BCUT2D eigenvalue weighted by atomic mass is 35.5. The summed E-state index contributed by atoms with van der Waals surface area (Å²) in [6.45, 7) is 5.04. The van der Waals surface area contributed by atoms with Gasteiger partial charge in [-0.2, -0.15) is 4.98 Å². The van der Waals surface area contributed by atoms with E-state index in [-0.39, 0.29) is 5.56 Å². The van der Waals surface area contributed by atoms with Gasteiger partial charge in [0.25, 0.3) is 5.56 Å². The van der Waals surface area contributed by atoms with E-state index in [1.807, 2.05) is 0 Å². The van der Waals surface area contributed by atoms with Gasteiger partial charge in [0.2, 0.25) is 5.95 Å². The Balaban J connectivity index is 2.69. The molecule has 2 heterocycles. The van der Waals surface area contributed by atoms with Gasteiger partial charge in [-0.3, -0.25) is 13.9 Å². The first kappa shape index (κ1) is 17.3. The Bertz CT molecular complexity index is 855. The van der Waals surface area contributed by atoms with Gasteiger partial charge in [0, 0.05) is 32.2 Å². The molecule has 0 aliphatic heterocycles. The Morgan fingerprint density at radius 3 is 2.61 bits per heavy atom. The van der Waals surface area contributed by atoms with Gasteiger partial charge in [0.1, 0.15) is 0 Å². The van der Waals surface area contributed by atoms with Crippen LogP contribution in [0, 0.1) is 0 Å². The van der Waals surface area contributed by atoms with Crippen LogP contribution in [0.4, 0.5) is 5.95 Å². The molecule has 2 aromatic heterocycles. The molecule has 23 heavy (non-hydrogen) atoms.